The predicted octanol–water partition coefficient (Wildman–Crippen LogP) is 4.11. The van der Waals surface area contributed by atoms with Gasteiger partial charge in [0, 0.05) is 0 Å². The number of rotatable bonds is 4. The van der Waals surface area contributed by atoms with Crippen LogP contribution in [0.15, 0.2) is 36.4 Å². The van der Waals surface area contributed by atoms with Crippen molar-refractivity contribution in [3.8, 4) is 5.75 Å². The minimum absolute atomic E-state index is 0.0300. The fourth-order valence-corrected chi connectivity index (χ4v) is 1.89. The van der Waals surface area contributed by atoms with Crippen LogP contribution < -0.4 is 10.2 Å². The van der Waals surface area contributed by atoms with E-state index in [-0.39, 0.29) is 17.4 Å². The van der Waals surface area contributed by atoms with Gasteiger partial charge in [-0.05, 0) is 35.7 Å². The summed E-state index contributed by atoms with van der Waals surface area (Å²) in [7, 11) is 0. The summed E-state index contributed by atoms with van der Waals surface area (Å²) in [5.41, 5.74) is 2.39. The molecule has 0 heterocycles. The number of nitrogens with one attached hydrogen (secondary N) is 1. The molecule has 0 bridgehead atoms. The average molecular weight is 307 g/mol. The maximum Gasteiger partial charge on any atom is 0.346 e. The van der Waals surface area contributed by atoms with E-state index in [0.717, 1.165) is 17.7 Å². The van der Waals surface area contributed by atoms with E-state index in [1.165, 1.54) is 12.1 Å². The third-order valence-corrected chi connectivity index (χ3v) is 3.17. The SMILES string of the molecule is CC(C)c1ccc(NO)c(OC(=O)c2cccc(F)c2F)c1. The maximum absolute atomic E-state index is 13.6. The van der Waals surface area contributed by atoms with Crippen LogP contribution in [0.25, 0.3) is 0 Å². The van der Waals surface area contributed by atoms with Crippen LogP contribution in [0.3, 0.4) is 0 Å². The first kappa shape index (κ1) is 15.9. The van der Waals surface area contributed by atoms with Gasteiger partial charge in [-0.15, -0.1) is 0 Å². The van der Waals surface area contributed by atoms with Gasteiger partial charge in [-0.25, -0.2) is 13.6 Å². The quantitative estimate of drug-likeness (QED) is 0.507. The molecule has 4 nitrogen and oxygen atoms in total. The van der Waals surface area contributed by atoms with Crippen molar-refractivity contribution in [3.05, 3.63) is 59.2 Å². The molecular formula is C16H15F2NO3. The molecule has 0 aliphatic carbocycles. The number of anilines is 1. The summed E-state index contributed by atoms with van der Waals surface area (Å²) >= 11 is 0. The van der Waals surface area contributed by atoms with E-state index in [9.17, 15) is 13.6 Å². The minimum atomic E-state index is -1.27. The predicted molar refractivity (Wildman–Crippen MR) is 77.3 cm³/mol. The molecular weight excluding hydrogens is 292 g/mol. The first-order valence-corrected chi connectivity index (χ1v) is 6.64. The third-order valence-electron chi connectivity index (χ3n) is 3.17. The van der Waals surface area contributed by atoms with Gasteiger partial charge in [0.1, 0.15) is 5.69 Å². The first-order valence-electron chi connectivity index (χ1n) is 6.64. The van der Waals surface area contributed by atoms with E-state index in [4.69, 9.17) is 9.94 Å². The Balaban J connectivity index is 2.35. The van der Waals surface area contributed by atoms with E-state index in [1.807, 2.05) is 19.3 Å². The third kappa shape index (κ3) is 3.23. The van der Waals surface area contributed by atoms with Gasteiger partial charge in [0.15, 0.2) is 17.4 Å². The molecule has 0 saturated carbocycles. The molecule has 2 rings (SSSR count). The van der Waals surface area contributed by atoms with E-state index < -0.39 is 23.2 Å². The van der Waals surface area contributed by atoms with Gasteiger partial charge < -0.3 is 4.74 Å². The normalized spacial score (nSPS) is 10.6. The van der Waals surface area contributed by atoms with Crippen LogP contribution in [-0.4, -0.2) is 11.2 Å². The Kier molecular flexibility index (Phi) is 4.72. The second-order valence-electron chi connectivity index (χ2n) is 5.01. The summed E-state index contributed by atoms with van der Waals surface area (Å²) in [6.07, 6.45) is 0. The van der Waals surface area contributed by atoms with E-state index in [1.54, 1.807) is 12.1 Å². The lowest BCUT2D eigenvalue weighted by molar-refractivity contribution is 0.0729. The van der Waals surface area contributed by atoms with Crippen molar-refractivity contribution in [3.63, 3.8) is 0 Å². The van der Waals surface area contributed by atoms with E-state index in [0.29, 0.717) is 0 Å². The standard InChI is InChI=1S/C16H15F2NO3/c1-9(2)10-6-7-13(19-21)14(8-10)22-16(20)11-4-3-5-12(17)15(11)18/h3-9,19,21H,1-2H3. The molecule has 116 valence electrons. The Morgan fingerprint density at radius 1 is 1.23 bits per heavy atom. The highest BCUT2D eigenvalue weighted by Gasteiger charge is 2.19. The Morgan fingerprint density at radius 2 is 1.95 bits per heavy atom. The molecule has 0 fully saturated rings. The number of ether oxygens (including phenoxy) is 1. The number of halogens is 2. The monoisotopic (exact) mass is 307 g/mol. The zero-order chi connectivity index (χ0) is 16.3. The largest absolute Gasteiger partial charge is 0.421 e. The van der Waals surface area contributed by atoms with Gasteiger partial charge in [0.05, 0.1) is 5.56 Å². The van der Waals surface area contributed by atoms with Gasteiger partial charge in [-0.2, -0.15) is 0 Å². The molecule has 2 N–H and O–H groups in total. The molecule has 0 radical (unpaired) electrons. The van der Waals surface area contributed by atoms with Crippen molar-refractivity contribution in [2.24, 2.45) is 0 Å². The van der Waals surface area contributed by atoms with Crippen LogP contribution >= 0.6 is 0 Å². The molecule has 0 saturated heterocycles. The molecule has 0 spiro atoms. The summed E-state index contributed by atoms with van der Waals surface area (Å²) < 4.78 is 31.8. The van der Waals surface area contributed by atoms with Crippen LogP contribution in [0.2, 0.25) is 0 Å². The molecule has 0 unspecified atom stereocenters. The van der Waals surface area contributed by atoms with Crippen LogP contribution in [0.5, 0.6) is 5.75 Å². The van der Waals surface area contributed by atoms with Crippen molar-refractivity contribution in [1.82, 2.24) is 0 Å². The summed E-state index contributed by atoms with van der Waals surface area (Å²) in [5.74, 6) is -3.26. The second kappa shape index (κ2) is 6.53. The summed E-state index contributed by atoms with van der Waals surface area (Å²) in [4.78, 5) is 12.0. The van der Waals surface area contributed by atoms with E-state index in [2.05, 4.69) is 0 Å². The van der Waals surface area contributed by atoms with Crippen molar-refractivity contribution >= 4 is 11.7 Å². The van der Waals surface area contributed by atoms with Crippen molar-refractivity contribution in [1.29, 1.82) is 0 Å². The molecule has 0 amide bonds. The lowest BCUT2D eigenvalue weighted by Gasteiger charge is -2.13. The van der Waals surface area contributed by atoms with E-state index >= 15 is 0 Å². The van der Waals surface area contributed by atoms with Crippen molar-refractivity contribution < 1.29 is 23.5 Å². The number of benzene rings is 2. The Labute approximate surface area is 126 Å². The number of hydrogen-bond donors (Lipinski definition) is 2. The van der Waals surface area contributed by atoms with Crippen LogP contribution in [-0.2, 0) is 0 Å². The average Bonchev–Trinajstić information content (AvgIpc) is 2.49. The Hall–Kier alpha value is -2.47. The van der Waals surface area contributed by atoms with Crippen molar-refractivity contribution in [2.45, 2.75) is 19.8 Å². The van der Waals surface area contributed by atoms with Gasteiger partial charge >= 0.3 is 5.97 Å². The van der Waals surface area contributed by atoms with Crippen molar-refractivity contribution in [2.75, 3.05) is 5.48 Å². The first-order chi connectivity index (χ1) is 10.4. The highest BCUT2D eigenvalue weighted by molar-refractivity contribution is 5.92. The lowest BCUT2D eigenvalue weighted by atomic mass is 10.0. The second-order valence-corrected chi connectivity index (χ2v) is 5.01. The molecule has 0 aromatic heterocycles. The minimum Gasteiger partial charge on any atom is -0.421 e. The highest BCUT2D eigenvalue weighted by atomic mass is 19.2. The number of carbonyl (C=O) groups is 1. The number of esters is 1. The van der Waals surface area contributed by atoms with Crippen LogP contribution in [0, 0.1) is 11.6 Å². The number of carbonyl (C=O) groups excluding carboxylic acids is 1. The maximum atomic E-state index is 13.6. The molecule has 2 aromatic carbocycles. The highest BCUT2D eigenvalue weighted by Crippen LogP contribution is 2.29. The fraction of sp³-hybridized carbons (Fsp3) is 0.188. The molecule has 0 aliphatic heterocycles. The lowest BCUT2D eigenvalue weighted by Crippen LogP contribution is -2.13. The molecule has 6 heteroatoms. The van der Waals surface area contributed by atoms with Gasteiger partial charge in [0.25, 0.3) is 0 Å². The summed E-state index contributed by atoms with van der Waals surface area (Å²) in [6.45, 7) is 3.89. The van der Waals surface area contributed by atoms with Gasteiger partial charge in [0.2, 0.25) is 0 Å². The van der Waals surface area contributed by atoms with Crippen LogP contribution in [0.1, 0.15) is 35.7 Å². The zero-order valence-electron chi connectivity index (χ0n) is 12.1. The molecule has 2 aromatic rings. The molecule has 0 atom stereocenters. The summed E-state index contributed by atoms with van der Waals surface area (Å²) in [6, 6.07) is 8.08. The Bertz CT molecular complexity index is 702. The Morgan fingerprint density at radius 3 is 2.59 bits per heavy atom. The molecule has 0 aliphatic rings. The number of hydrogen-bond acceptors (Lipinski definition) is 4. The smallest absolute Gasteiger partial charge is 0.346 e. The van der Waals surface area contributed by atoms with Gasteiger partial charge in [-0.1, -0.05) is 26.0 Å². The topological polar surface area (TPSA) is 58.6 Å². The molecule has 22 heavy (non-hydrogen) atoms. The zero-order valence-corrected chi connectivity index (χ0v) is 12.1. The van der Waals surface area contributed by atoms with Crippen LogP contribution in [0.4, 0.5) is 14.5 Å². The van der Waals surface area contributed by atoms with Gasteiger partial charge in [-0.3, -0.25) is 10.7 Å². The fourth-order valence-electron chi connectivity index (χ4n) is 1.89. The summed E-state index contributed by atoms with van der Waals surface area (Å²) in [5, 5.41) is 9.05.